The highest BCUT2D eigenvalue weighted by atomic mass is 19.4. The predicted octanol–water partition coefficient (Wildman–Crippen LogP) is 2.76. The summed E-state index contributed by atoms with van der Waals surface area (Å²) in [7, 11) is 0. The average molecular weight is 270 g/mol. The van der Waals surface area contributed by atoms with Crippen LogP contribution < -0.4 is 0 Å². The number of carbonyl (C=O) groups excluding carboxylic acids is 1. The van der Waals surface area contributed by atoms with E-state index >= 15 is 0 Å². The molecule has 0 spiro atoms. The van der Waals surface area contributed by atoms with E-state index in [4.69, 9.17) is 0 Å². The Kier molecular flexibility index (Phi) is 3.58. The van der Waals surface area contributed by atoms with E-state index in [1.165, 1.54) is 0 Å². The number of alkyl halides is 5. The minimum Gasteiger partial charge on any atom is -0.296 e. The lowest BCUT2D eigenvalue weighted by molar-refractivity contribution is -0.386. The smallest absolute Gasteiger partial charge is 0.296 e. The molecule has 0 bridgehead atoms. The van der Waals surface area contributed by atoms with Gasteiger partial charge >= 0.3 is 6.18 Å². The number of rotatable bonds is 3. The van der Waals surface area contributed by atoms with Crippen LogP contribution in [-0.2, 0) is 6.18 Å². The highest BCUT2D eigenvalue weighted by molar-refractivity contribution is 5.75. The van der Waals surface area contributed by atoms with Gasteiger partial charge in [-0.1, -0.05) is 0 Å². The zero-order valence-electron chi connectivity index (χ0n) is 8.24. The first kappa shape index (κ1) is 13.9. The quantitative estimate of drug-likeness (QED) is 0.366. The fourth-order valence-electron chi connectivity index (χ4n) is 1.16. The van der Waals surface area contributed by atoms with E-state index in [2.05, 4.69) is 4.98 Å². The van der Waals surface area contributed by atoms with Gasteiger partial charge in [-0.25, -0.2) is 13.8 Å². The first-order valence-electron chi connectivity index (χ1n) is 4.18. The van der Waals surface area contributed by atoms with Crippen molar-refractivity contribution in [3.05, 3.63) is 33.1 Å². The van der Waals surface area contributed by atoms with Gasteiger partial charge in [0.15, 0.2) is 12.0 Å². The normalized spacial score (nSPS) is 11.7. The Morgan fingerprint density at radius 3 is 2.28 bits per heavy atom. The van der Waals surface area contributed by atoms with Gasteiger partial charge in [0.25, 0.3) is 12.1 Å². The summed E-state index contributed by atoms with van der Waals surface area (Å²) in [6.07, 6.45) is -8.96. The maximum atomic E-state index is 12.4. The minimum atomic E-state index is -5.10. The molecule has 0 aromatic carbocycles. The molecule has 0 radical (unpaired) electrons. The lowest BCUT2D eigenvalue weighted by Gasteiger charge is -2.10. The van der Waals surface area contributed by atoms with Gasteiger partial charge in [-0.3, -0.25) is 14.9 Å². The zero-order chi connectivity index (χ0) is 14.1. The summed E-state index contributed by atoms with van der Waals surface area (Å²) >= 11 is 0. The third kappa shape index (κ3) is 2.57. The molecule has 0 aliphatic rings. The van der Waals surface area contributed by atoms with Gasteiger partial charge < -0.3 is 0 Å². The van der Waals surface area contributed by atoms with E-state index in [1.54, 1.807) is 0 Å². The summed E-state index contributed by atoms with van der Waals surface area (Å²) in [4.78, 5) is 22.0. The number of carbonyl (C=O) groups is 1. The van der Waals surface area contributed by atoms with E-state index in [0.29, 0.717) is 0 Å². The Morgan fingerprint density at radius 1 is 1.39 bits per heavy atom. The maximum Gasteiger partial charge on any atom is 0.418 e. The number of hydrogen-bond donors (Lipinski definition) is 0. The standard InChI is InChI=1S/C8H3F5N2O3/c9-7(10)6-5(15(17)18)1-3(8(11,12)13)4(2-16)14-6/h1-2,7H. The van der Waals surface area contributed by atoms with E-state index in [-0.39, 0.29) is 6.07 Å². The highest BCUT2D eigenvalue weighted by Gasteiger charge is 2.38. The van der Waals surface area contributed by atoms with Crippen LogP contribution >= 0.6 is 0 Å². The number of aromatic nitrogens is 1. The summed E-state index contributed by atoms with van der Waals surface area (Å²) in [6, 6.07) is -0.127. The number of aldehydes is 1. The van der Waals surface area contributed by atoms with Crippen LogP contribution in [0.4, 0.5) is 27.6 Å². The van der Waals surface area contributed by atoms with Gasteiger partial charge in [-0.2, -0.15) is 13.2 Å². The molecule has 98 valence electrons. The molecule has 0 unspecified atom stereocenters. The third-order valence-corrected chi connectivity index (χ3v) is 1.88. The molecule has 0 aliphatic heterocycles. The van der Waals surface area contributed by atoms with Crippen molar-refractivity contribution in [2.75, 3.05) is 0 Å². The Bertz CT molecular complexity index is 500. The minimum absolute atomic E-state index is 0.127. The predicted molar refractivity (Wildman–Crippen MR) is 46.2 cm³/mol. The Balaban J connectivity index is 3.62. The molecule has 0 aliphatic carbocycles. The van der Waals surface area contributed by atoms with Crippen LogP contribution in [0.15, 0.2) is 6.07 Å². The summed E-state index contributed by atoms with van der Waals surface area (Å²) in [5, 5.41) is 10.4. The molecule has 1 aromatic heterocycles. The third-order valence-electron chi connectivity index (χ3n) is 1.88. The van der Waals surface area contributed by atoms with Crippen molar-refractivity contribution in [1.29, 1.82) is 0 Å². The molecular weight excluding hydrogens is 267 g/mol. The van der Waals surface area contributed by atoms with E-state index < -0.39 is 46.4 Å². The lowest BCUT2D eigenvalue weighted by atomic mass is 10.1. The fraction of sp³-hybridized carbons (Fsp3) is 0.250. The van der Waals surface area contributed by atoms with Gasteiger partial charge in [-0.15, -0.1) is 0 Å². The maximum absolute atomic E-state index is 12.4. The van der Waals surface area contributed by atoms with Crippen LogP contribution in [0.2, 0.25) is 0 Å². The van der Waals surface area contributed by atoms with Crippen molar-refractivity contribution >= 4 is 12.0 Å². The fourth-order valence-corrected chi connectivity index (χ4v) is 1.16. The second kappa shape index (κ2) is 4.63. The van der Waals surface area contributed by atoms with Gasteiger partial charge in [0.2, 0.25) is 0 Å². The first-order valence-corrected chi connectivity index (χ1v) is 4.18. The molecule has 0 fully saturated rings. The van der Waals surface area contributed by atoms with Crippen molar-refractivity contribution in [1.82, 2.24) is 4.98 Å². The molecule has 1 heterocycles. The van der Waals surface area contributed by atoms with Crippen molar-refractivity contribution in [3.8, 4) is 0 Å². The van der Waals surface area contributed by atoms with Gasteiger partial charge in [0, 0.05) is 6.07 Å². The average Bonchev–Trinajstić information content (AvgIpc) is 2.25. The van der Waals surface area contributed by atoms with E-state index in [0.717, 1.165) is 0 Å². The molecule has 0 saturated heterocycles. The summed E-state index contributed by atoms with van der Waals surface area (Å²) in [6.45, 7) is 0. The molecule has 0 atom stereocenters. The van der Waals surface area contributed by atoms with Crippen molar-refractivity contribution in [2.24, 2.45) is 0 Å². The Morgan fingerprint density at radius 2 is 1.94 bits per heavy atom. The molecule has 10 heteroatoms. The van der Waals surface area contributed by atoms with E-state index in [1.807, 2.05) is 0 Å². The van der Waals surface area contributed by atoms with Gasteiger partial charge in [-0.05, 0) is 0 Å². The highest BCUT2D eigenvalue weighted by Crippen LogP contribution is 2.36. The molecule has 18 heavy (non-hydrogen) atoms. The SMILES string of the molecule is O=Cc1nc(C(F)F)c([N+](=O)[O-])cc1C(F)(F)F. The molecule has 1 aromatic rings. The summed E-state index contributed by atoms with van der Waals surface area (Å²) in [5.41, 5.74) is -6.00. The van der Waals surface area contributed by atoms with Crippen LogP contribution in [-0.4, -0.2) is 16.2 Å². The first-order chi connectivity index (χ1) is 8.18. The Labute approximate surface area is 95.4 Å². The lowest BCUT2D eigenvalue weighted by Crippen LogP contribution is -2.13. The molecule has 5 nitrogen and oxygen atoms in total. The van der Waals surface area contributed by atoms with Crippen molar-refractivity contribution in [2.45, 2.75) is 12.6 Å². The van der Waals surface area contributed by atoms with Crippen LogP contribution in [0.1, 0.15) is 28.2 Å². The van der Waals surface area contributed by atoms with Crippen LogP contribution in [0.3, 0.4) is 0 Å². The number of nitrogens with zero attached hydrogens (tertiary/aromatic N) is 2. The monoisotopic (exact) mass is 270 g/mol. The molecule has 0 saturated carbocycles. The second-order valence-corrected chi connectivity index (χ2v) is 3.00. The van der Waals surface area contributed by atoms with Crippen LogP contribution in [0.5, 0.6) is 0 Å². The number of hydrogen-bond acceptors (Lipinski definition) is 4. The van der Waals surface area contributed by atoms with Gasteiger partial charge in [0.1, 0.15) is 5.69 Å². The number of pyridine rings is 1. The summed E-state index contributed by atoms with van der Waals surface area (Å²) in [5.74, 6) is 0. The van der Waals surface area contributed by atoms with Gasteiger partial charge in [0.05, 0.1) is 10.5 Å². The van der Waals surface area contributed by atoms with E-state index in [9.17, 15) is 36.9 Å². The van der Waals surface area contributed by atoms with Crippen molar-refractivity contribution < 1.29 is 31.7 Å². The van der Waals surface area contributed by atoms with Crippen LogP contribution in [0, 0.1) is 10.1 Å². The molecule has 0 N–H and O–H groups in total. The topological polar surface area (TPSA) is 73.1 Å². The number of nitro groups is 1. The number of halogens is 5. The largest absolute Gasteiger partial charge is 0.418 e. The van der Waals surface area contributed by atoms with Crippen LogP contribution in [0.25, 0.3) is 0 Å². The molecule has 1 rings (SSSR count). The molecule has 0 amide bonds. The Hall–Kier alpha value is -2.13. The molecular formula is C8H3F5N2O3. The second-order valence-electron chi connectivity index (χ2n) is 3.00. The zero-order valence-corrected chi connectivity index (χ0v) is 8.24. The van der Waals surface area contributed by atoms with Crippen molar-refractivity contribution in [3.63, 3.8) is 0 Å². The summed E-state index contributed by atoms with van der Waals surface area (Å²) < 4.78 is 61.9.